The molecule has 0 saturated heterocycles. The molecule has 0 N–H and O–H groups in total. The minimum absolute atomic E-state index is 0.101. The van der Waals surface area contributed by atoms with Crippen LogP contribution in [0.15, 0.2) is 65.5 Å². The number of amides is 1. The summed E-state index contributed by atoms with van der Waals surface area (Å²) in [5.41, 5.74) is 3.14. The zero-order valence-corrected chi connectivity index (χ0v) is 15.3. The van der Waals surface area contributed by atoms with E-state index in [0.717, 1.165) is 11.4 Å². The zero-order valence-electron chi connectivity index (χ0n) is 14.5. The summed E-state index contributed by atoms with van der Waals surface area (Å²) in [6.45, 7) is 1.25. The van der Waals surface area contributed by atoms with Crippen molar-refractivity contribution in [2.45, 2.75) is 6.61 Å². The normalized spacial score (nSPS) is 10.3. The second-order valence-corrected chi connectivity index (χ2v) is 6.37. The summed E-state index contributed by atoms with van der Waals surface area (Å²) in [6, 6.07) is 16.8. The van der Waals surface area contributed by atoms with Gasteiger partial charge in [-0.1, -0.05) is 30.3 Å². The minimum atomic E-state index is -0.101. The molecule has 2 aromatic carbocycles. The molecule has 0 aliphatic heterocycles. The largest absolute Gasteiger partial charge is 0.492 e. The molecule has 134 valence electrons. The molecule has 0 bridgehead atoms. The molecule has 6 heteroatoms. The highest BCUT2D eigenvalue weighted by atomic mass is 32.1. The maximum Gasteiger partial charge on any atom is 0.257 e. The lowest BCUT2D eigenvalue weighted by Crippen LogP contribution is -2.31. The van der Waals surface area contributed by atoms with Crippen molar-refractivity contribution < 1.29 is 14.3 Å². The van der Waals surface area contributed by atoms with Crippen molar-refractivity contribution in [1.29, 1.82) is 0 Å². The minimum Gasteiger partial charge on any atom is -0.492 e. The lowest BCUT2D eigenvalue weighted by molar-refractivity contribution is 0.0769. The van der Waals surface area contributed by atoms with Crippen LogP contribution in [-0.2, 0) is 6.61 Å². The molecule has 0 spiro atoms. The van der Waals surface area contributed by atoms with Gasteiger partial charge in [-0.15, -0.1) is 11.3 Å². The van der Waals surface area contributed by atoms with E-state index in [2.05, 4.69) is 4.98 Å². The third-order valence-corrected chi connectivity index (χ3v) is 4.40. The van der Waals surface area contributed by atoms with Gasteiger partial charge < -0.3 is 14.4 Å². The Morgan fingerprint density at radius 1 is 1.08 bits per heavy atom. The highest BCUT2D eigenvalue weighted by molar-refractivity contribution is 7.07. The molecule has 3 rings (SSSR count). The number of benzene rings is 2. The maximum absolute atomic E-state index is 12.7. The molecule has 0 fully saturated rings. The Hall–Kier alpha value is -2.86. The first kappa shape index (κ1) is 17.9. The van der Waals surface area contributed by atoms with Crippen LogP contribution in [0.4, 0.5) is 0 Å². The number of thiazole rings is 1. The number of ether oxygens (including phenoxy) is 2. The molecule has 0 radical (unpaired) electrons. The van der Waals surface area contributed by atoms with Crippen LogP contribution in [0.1, 0.15) is 16.1 Å². The van der Waals surface area contributed by atoms with Crippen molar-refractivity contribution in [2.75, 3.05) is 20.2 Å². The predicted octanol–water partition coefficient (Wildman–Crippen LogP) is 3.87. The monoisotopic (exact) mass is 368 g/mol. The van der Waals surface area contributed by atoms with E-state index in [4.69, 9.17) is 9.47 Å². The number of likely N-dealkylation sites (N-methyl/N-ethyl adjacent to an activating group) is 1. The Morgan fingerprint density at radius 2 is 1.85 bits per heavy atom. The van der Waals surface area contributed by atoms with Crippen molar-refractivity contribution >= 4 is 17.2 Å². The van der Waals surface area contributed by atoms with Gasteiger partial charge in [-0.2, -0.15) is 0 Å². The zero-order chi connectivity index (χ0) is 18.2. The molecule has 0 saturated carbocycles. The summed E-state index contributed by atoms with van der Waals surface area (Å²) in [4.78, 5) is 18.6. The van der Waals surface area contributed by atoms with E-state index in [1.54, 1.807) is 29.6 Å². The van der Waals surface area contributed by atoms with Crippen LogP contribution in [0.25, 0.3) is 0 Å². The van der Waals surface area contributed by atoms with E-state index in [1.807, 2.05) is 47.8 Å². The number of nitrogens with zero attached hydrogens (tertiary/aromatic N) is 2. The molecule has 1 heterocycles. The van der Waals surface area contributed by atoms with Crippen LogP contribution < -0.4 is 9.47 Å². The summed E-state index contributed by atoms with van der Waals surface area (Å²) < 4.78 is 11.4. The van der Waals surface area contributed by atoms with Crippen LogP contribution in [-0.4, -0.2) is 36.0 Å². The number of hydrogen-bond donors (Lipinski definition) is 0. The van der Waals surface area contributed by atoms with Crippen molar-refractivity contribution in [3.05, 3.63) is 76.7 Å². The first-order valence-electron chi connectivity index (χ1n) is 8.26. The third kappa shape index (κ3) is 4.83. The number of rotatable bonds is 8. The van der Waals surface area contributed by atoms with Gasteiger partial charge in [0.1, 0.15) is 24.7 Å². The quantitative estimate of drug-likeness (QED) is 0.606. The van der Waals surface area contributed by atoms with Crippen LogP contribution in [0, 0.1) is 0 Å². The Labute approximate surface area is 156 Å². The molecule has 26 heavy (non-hydrogen) atoms. The van der Waals surface area contributed by atoms with Gasteiger partial charge in [0.25, 0.3) is 5.91 Å². The van der Waals surface area contributed by atoms with E-state index in [-0.39, 0.29) is 5.91 Å². The molecule has 0 unspecified atom stereocenters. The Morgan fingerprint density at radius 3 is 2.62 bits per heavy atom. The van der Waals surface area contributed by atoms with Crippen LogP contribution in [0.2, 0.25) is 0 Å². The topological polar surface area (TPSA) is 51.7 Å². The highest BCUT2D eigenvalue weighted by Crippen LogP contribution is 2.21. The van der Waals surface area contributed by atoms with Gasteiger partial charge in [0, 0.05) is 12.4 Å². The molecule has 3 aromatic rings. The van der Waals surface area contributed by atoms with Gasteiger partial charge in [0.15, 0.2) is 0 Å². The van der Waals surface area contributed by atoms with Crippen molar-refractivity contribution in [3.63, 3.8) is 0 Å². The van der Waals surface area contributed by atoms with Gasteiger partial charge in [0.05, 0.1) is 23.3 Å². The maximum atomic E-state index is 12.7. The molecular formula is C20H20N2O3S. The highest BCUT2D eigenvalue weighted by Gasteiger charge is 2.16. The first-order valence-corrected chi connectivity index (χ1v) is 9.20. The average molecular weight is 368 g/mol. The number of carbonyl (C=O) groups is 1. The Kier molecular flexibility index (Phi) is 6.22. The van der Waals surface area contributed by atoms with E-state index >= 15 is 0 Å². The fourth-order valence-electron chi connectivity index (χ4n) is 2.35. The van der Waals surface area contributed by atoms with Gasteiger partial charge in [-0.05, 0) is 24.3 Å². The molecule has 0 atom stereocenters. The first-order chi connectivity index (χ1) is 12.7. The number of aromatic nitrogens is 1. The van der Waals surface area contributed by atoms with Crippen LogP contribution in [0.5, 0.6) is 11.5 Å². The van der Waals surface area contributed by atoms with E-state index in [0.29, 0.717) is 31.1 Å². The number of hydrogen-bond acceptors (Lipinski definition) is 5. The smallest absolute Gasteiger partial charge is 0.257 e. The molecular weight excluding hydrogens is 348 g/mol. The summed E-state index contributed by atoms with van der Waals surface area (Å²) >= 11 is 1.52. The standard InChI is InChI=1S/C20H20N2O3S/c1-22(11-12-24-17-7-3-2-4-8-17)20(23)18-9-5-6-10-19(18)25-13-16-14-26-15-21-16/h2-10,14-15H,11-13H2,1H3. The molecule has 1 aromatic heterocycles. The predicted molar refractivity (Wildman–Crippen MR) is 102 cm³/mol. The molecule has 0 aliphatic carbocycles. The van der Waals surface area contributed by atoms with Crippen molar-refractivity contribution in [3.8, 4) is 11.5 Å². The van der Waals surface area contributed by atoms with Gasteiger partial charge in [-0.3, -0.25) is 4.79 Å². The van der Waals surface area contributed by atoms with Crippen LogP contribution in [0.3, 0.4) is 0 Å². The summed E-state index contributed by atoms with van der Waals surface area (Å²) in [6.07, 6.45) is 0. The van der Waals surface area contributed by atoms with E-state index < -0.39 is 0 Å². The second-order valence-electron chi connectivity index (χ2n) is 5.65. The molecule has 5 nitrogen and oxygen atoms in total. The summed E-state index contributed by atoms with van der Waals surface area (Å²) in [7, 11) is 1.76. The van der Waals surface area contributed by atoms with Crippen LogP contribution >= 0.6 is 11.3 Å². The summed E-state index contributed by atoms with van der Waals surface area (Å²) in [5.74, 6) is 1.25. The Bertz CT molecular complexity index is 822. The number of para-hydroxylation sites is 2. The Balaban J connectivity index is 1.57. The third-order valence-electron chi connectivity index (χ3n) is 3.76. The van der Waals surface area contributed by atoms with E-state index in [9.17, 15) is 4.79 Å². The van der Waals surface area contributed by atoms with Gasteiger partial charge >= 0.3 is 0 Å². The average Bonchev–Trinajstić information content (AvgIpc) is 3.20. The van der Waals surface area contributed by atoms with E-state index in [1.165, 1.54) is 11.3 Å². The fourth-order valence-corrected chi connectivity index (χ4v) is 2.90. The van der Waals surface area contributed by atoms with Gasteiger partial charge in [-0.25, -0.2) is 4.98 Å². The lowest BCUT2D eigenvalue weighted by atomic mass is 10.2. The second kappa shape index (κ2) is 9.01. The van der Waals surface area contributed by atoms with Gasteiger partial charge in [0.2, 0.25) is 0 Å². The lowest BCUT2D eigenvalue weighted by Gasteiger charge is -2.19. The number of carbonyl (C=O) groups excluding carboxylic acids is 1. The fraction of sp³-hybridized carbons (Fsp3) is 0.200. The molecule has 1 amide bonds. The van der Waals surface area contributed by atoms with Crippen molar-refractivity contribution in [1.82, 2.24) is 9.88 Å². The summed E-state index contributed by atoms with van der Waals surface area (Å²) in [5, 5.41) is 1.93. The SMILES string of the molecule is CN(CCOc1ccccc1)C(=O)c1ccccc1OCc1cscn1. The van der Waals surface area contributed by atoms with Crippen molar-refractivity contribution in [2.24, 2.45) is 0 Å². The molecule has 0 aliphatic rings.